The van der Waals surface area contributed by atoms with E-state index in [1.54, 1.807) is 0 Å². The van der Waals surface area contributed by atoms with E-state index < -0.39 is 5.91 Å². The first-order chi connectivity index (χ1) is 12.2. The fourth-order valence-corrected chi connectivity index (χ4v) is 3.01. The van der Waals surface area contributed by atoms with Crippen molar-refractivity contribution in [3.63, 3.8) is 0 Å². The van der Waals surface area contributed by atoms with Crippen LogP contribution in [0.5, 0.6) is 0 Å². The van der Waals surface area contributed by atoms with Gasteiger partial charge in [-0.1, -0.05) is 54.6 Å². The van der Waals surface area contributed by atoms with Crippen LogP contribution in [0.15, 0.2) is 60.7 Å². The van der Waals surface area contributed by atoms with Crippen molar-refractivity contribution in [3.05, 3.63) is 77.6 Å². The largest absolute Gasteiger partial charge is 0.348 e. The number of nitrogens with one attached hydrogen (secondary N) is 1. The number of hydrogen-bond acceptors (Lipinski definition) is 5. The zero-order chi connectivity index (χ0) is 17.2. The molecule has 1 aliphatic heterocycles. The molecule has 2 aromatic carbocycles. The molecule has 6 heteroatoms. The van der Waals surface area contributed by atoms with Gasteiger partial charge in [-0.05, 0) is 11.1 Å². The maximum Gasteiger partial charge on any atom is 0.303 e. The molecule has 0 fully saturated rings. The van der Waals surface area contributed by atoms with Crippen LogP contribution in [0, 0.1) is 0 Å². The molecular formula is C19H17N5O. The molecule has 3 aromatic rings. The van der Waals surface area contributed by atoms with Crippen LogP contribution < -0.4 is 16.2 Å². The lowest BCUT2D eigenvalue weighted by molar-refractivity contribution is 0.0943. The van der Waals surface area contributed by atoms with E-state index in [4.69, 9.17) is 5.84 Å². The lowest BCUT2D eigenvalue weighted by Gasteiger charge is -2.18. The van der Waals surface area contributed by atoms with Gasteiger partial charge in [0.2, 0.25) is 5.82 Å². The number of carbonyl (C=O) groups excluding carboxylic acids is 1. The fourth-order valence-electron chi connectivity index (χ4n) is 3.01. The molecular weight excluding hydrogens is 314 g/mol. The minimum Gasteiger partial charge on any atom is -0.348 e. The van der Waals surface area contributed by atoms with Gasteiger partial charge in [-0.25, -0.2) is 15.8 Å². The van der Waals surface area contributed by atoms with Crippen LogP contribution >= 0.6 is 0 Å². The molecule has 1 aliphatic rings. The van der Waals surface area contributed by atoms with Crippen molar-refractivity contribution in [2.45, 2.75) is 13.1 Å². The Morgan fingerprint density at radius 3 is 2.24 bits per heavy atom. The van der Waals surface area contributed by atoms with E-state index in [9.17, 15) is 4.79 Å². The summed E-state index contributed by atoms with van der Waals surface area (Å²) < 4.78 is 0. The van der Waals surface area contributed by atoms with E-state index in [2.05, 4.69) is 32.4 Å². The highest BCUT2D eigenvalue weighted by atomic mass is 16.2. The van der Waals surface area contributed by atoms with Crippen LogP contribution in [0.2, 0.25) is 0 Å². The second-order valence-corrected chi connectivity index (χ2v) is 5.90. The van der Waals surface area contributed by atoms with E-state index >= 15 is 0 Å². The third kappa shape index (κ3) is 2.95. The number of hydrazine groups is 1. The summed E-state index contributed by atoms with van der Waals surface area (Å²) in [5.74, 6) is 5.54. The topological polar surface area (TPSA) is 84.1 Å². The molecule has 2 heterocycles. The van der Waals surface area contributed by atoms with Crippen LogP contribution in [-0.4, -0.2) is 15.9 Å². The predicted octanol–water partition coefficient (Wildman–Crippen LogP) is 2.27. The summed E-state index contributed by atoms with van der Waals surface area (Å²) in [6.45, 7) is 1.51. The van der Waals surface area contributed by atoms with Gasteiger partial charge < -0.3 is 4.90 Å². The second kappa shape index (κ2) is 6.33. The van der Waals surface area contributed by atoms with Gasteiger partial charge in [0, 0.05) is 24.7 Å². The fraction of sp³-hybridized carbons (Fsp3) is 0.105. The number of carbonyl (C=O) groups is 1. The van der Waals surface area contributed by atoms with E-state index in [0.717, 1.165) is 18.7 Å². The highest BCUT2D eigenvalue weighted by molar-refractivity contribution is 5.91. The molecule has 1 amide bonds. The number of hydrogen-bond donors (Lipinski definition) is 2. The summed E-state index contributed by atoms with van der Waals surface area (Å²) in [4.78, 5) is 22.9. The van der Waals surface area contributed by atoms with Gasteiger partial charge in [0.1, 0.15) is 5.82 Å². The van der Waals surface area contributed by atoms with Crippen LogP contribution in [0.3, 0.4) is 0 Å². The number of nitrogen functional groups attached to an aromatic ring is 1. The normalized spacial score (nSPS) is 12.8. The van der Waals surface area contributed by atoms with E-state index in [0.29, 0.717) is 11.5 Å². The Morgan fingerprint density at radius 1 is 0.960 bits per heavy atom. The van der Waals surface area contributed by atoms with Crippen molar-refractivity contribution in [1.82, 2.24) is 15.4 Å². The van der Waals surface area contributed by atoms with Crippen LogP contribution in [0.1, 0.15) is 21.7 Å². The Balaban J connectivity index is 1.76. The Bertz CT molecular complexity index is 901. The predicted molar refractivity (Wildman–Crippen MR) is 95.5 cm³/mol. The second-order valence-electron chi connectivity index (χ2n) is 5.90. The Morgan fingerprint density at radius 2 is 1.60 bits per heavy atom. The molecule has 0 saturated heterocycles. The van der Waals surface area contributed by atoms with Gasteiger partial charge in [0.05, 0.1) is 5.69 Å². The quantitative estimate of drug-likeness (QED) is 0.437. The zero-order valence-electron chi connectivity index (χ0n) is 13.5. The number of nitrogens with two attached hydrogens (primary N) is 1. The highest BCUT2D eigenvalue weighted by Gasteiger charge is 2.22. The van der Waals surface area contributed by atoms with Crippen molar-refractivity contribution in [1.29, 1.82) is 0 Å². The number of benzene rings is 2. The van der Waals surface area contributed by atoms with Crippen molar-refractivity contribution in [2.24, 2.45) is 5.84 Å². The summed E-state index contributed by atoms with van der Waals surface area (Å²) in [6, 6.07) is 19.9. The minimum absolute atomic E-state index is 0.0646. The maximum absolute atomic E-state index is 12.0. The Hall–Kier alpha value is -3.25. The standard InChI is InChI=1S/C19H17N5O/c20-23-19(25)18-21-16(13-6-2-1-3-7-13)10-17(22-18)24-11-14-8-4-5-9-15(14)12-24/h1-10H,11-12,20H2,(H,23,25). The van der Waals surface area contributed by atoms with Crippen LogP contribution in [0.4, 0.5) is 5.82 Å². The SMILES string of the molecule is NNC(=O)c1nc(-c2ccccc2)cc(N2Cc3ccccc3C2)n1. The zero-order valence-corrected chi connectivity index (χ0v) is 13.5. The van der Waals surface area contributed by atoms with Crippen molar-refractivity contribution in [3.8, 4) is 11.3 Å². The number of anilines is 1. The van der Waals surface area contributed by atoms with E-state index in [1.807, 2.05) is 48.5 Å². The summed E-state index contributed by atoms with van der Waals surface area (Å²) in [5, 5.41) is 0. The van der Waals surface area contributed by atoms with E-state index in [1.165, 1.54) is 11.1 Å². The van der Waals surface area contributed by atoms with Gasteiger partial charge in [-0.2, -0.15) is 0 Å². The summed E-state index contributed by atoms with van der Waals surface area (Å²) >= 11 is 0. The molecule has 3 N–H and O–H groups in total. The molecule has 0 bridgehead atoms. The minimum atomic E-state index is -0.504. The maximum atomic E-state index is 12.0. The molecule has 0 radical (unpaired) electrons. The number of aromatic nitrogens is 2. The number of amides is 1. The summed E-state index contributed by atoms with van der Waals surface area (Å²) in [7, 11) is 0. The molecule has 0 unspecified atom stereocenters. The lowest BCUT2D eigenvalue weighted by Crippen LogP contribution is -2.32. The third-order valence-corrected chi connectivity index (χ3v) is 4.28. The van der Waals surface area contributed by atoms with Gasteiger partial charge in [0.15, 0.2) is 0 Å². The number of rotatable bonds is 3. The third-order valence-electron chi connectivity index (χ3n) is 4.28. The molecule has 0 aliphatic carbocycles. The molecule has 0 saturated carbocycles. The van der Waals surface area contributed by atoms with Crippen LogP contribution in [-0.2, 0) is 13.1 Å². The van der Waals surface area contributed by atoms with E-state index in [-0.39, 0.29) is 5.82 Å². The molecule has 6 nitrogen and oxygen atoms in total. The highest BCUT2D eigenvalue weighted by Crippen LogP contribution is 2.29. The molecule has 124 valence electrons. The summed E-state index contributed by atoms with van der Waals surface area (Å²) in [5.41, 5.74) is 6.27. The number of nitrogens with zero attached hydrogens (tertiary/aromatic N) is 3. The van der Waals surface area contributed by atoms with Crippen molar-refractivity contribution >= 4 is 11.7 Å². The smallest absolute Gasteiger partial charge is 0.303 e. The average Bonchev–Trinajstić information content (AvgIpc) is 3.12. The van der Waals surface area contributed by atoms with Crippen molar-refractivity contribution in [2.75, 3.05) is 4.90 Å². The Labute approximate surface area is 145 Å². The monoisotopic (exact) mass is 331 g/mol. The van der Waals surface area contributed by atoms with Gasteiger partial charge >= 0.3 is 5.91 Å². The average molecular weight is 331 g/mol. The number of fused-ring (bicyclic) bond motifs is 1. The van der Waals surface area contributed by atoms with Gasteiger partial charge in [0.25, 0.3) is 0 Å². The van der Waals surface area contributed by atoms with Crippen LogP contribution in [0.25, 0.3) is 11.3 Å². The first kappa shape index (κ1) is 15.3. The summed E-state index contributed by atoms with van der Waals surface area (Å²) in [6.07, 6.45) is 0. The molecule has 0 atom stereocenters. The van der Waals surface area contributed by atoms with Gasteiger partial charge in [-0.15, -0.1) is 0 Å². The van der Waals surface area contributed by atoms with Crippen molar-refractivity contribution < 1.29 is 4.79 Å². The molecule has 25 heavy (non-hydrogen) atoms. The molecule has 4 rings (SSSR count). The first-order valence-corrected chi connectivity index (χ1v) is 8.02. The molecule has 0 spiro atoms. The Kier molecular flexibility index (Phi) is 3.87. The van der Waals surface area contributed by atoms with Gasteiger partial charge in [-0.3, -0.25) is 10.2 Å². The first-order valence-electron chi connectivity index (χ1n) is 8.02. The lowest BCUT2D eigenvalue weighted by atomic mass is 10.1. The molecule has 1 aromatic heterocycles.